The standard InChI is InChI=1S/C17H27NO/c1-13-4-6-14(7-5-13)16(8-10-18)15-9-11-19-17(2,3)12-15/h4-7,15-16H,8-12,18H2,1-3H3/t15-,16-/m0/s1. The number of benzene rings is 1. The molecule has 0 unspecified atom stereocenters. The highest BCUT2D eigenvalue weighted by Crippen LogP contribution is 2.39. The number of hydrogen-bond acceptors (Lipinski definition) is 2. The van der Waals surface area contributed by atoms with Gasteiger partial charge in [-0.3, -0.25) is 0 Å². The first-order chi connectivity index (χ1) is 9.02. The van der Waals surface area contributed by atoms with Crippen LogP contribution in [0.15, 0.2) is 24.3 Å². The maximum absolute atomic E-state index is 5.85. The largest absolute Gasteiger partial charge is 0.376 e. The molecule has 0 aliphatic carbocycles. The first-order valence-electron chi connectivity index (χ1n) is 7.42. The zero-order valence-corrected chi connectivity index (χ0v) is 12.5. The predicted molar refractivity (Wildman–Crippen MR) is 80.3 cm³/mol. The average molecular weight is 261 g/mol. The minimum absolute atomic E-state index is 0.0143. The molecule has 106 valence electrons. The molecule has 1 fully saturated rings. The van der Waals surface area contributed by atoms with Gasteiger partial charge in [0.05, 0.1) is 5.60 Å². The molecule has 2 nitrogen and oxygen atoms in total. The van der Waals surface area contributed by atoms with Crippen molar-refractivity contribution in [2.45, 2.75) is 51.6 Å². The number of ether oxygens (including phenoxy) is 1. The Bertz CT molecular complexity index is 396. The second kappa shape index (κ2) is 6.06. The summed E-state index contributed by atoms with van der Waals surface area (Å²) in [5, 5.41) is 0. The van der Waals surface area contributed by atoms with Gasteiger partial charge >= 0.3 is 0 Å². The third kappa shape index (κ3) is 3.80. The van der Waals surface area contributed by atoms with E-state index in [0.717, 1.165) is 32.4 Å². The summed E-state index contributed by atoms with van der Waals surface area (Å²) < 4.78 is 5.85. The second-order valence-corrected chi connectivity index (χ2v) is 6.46. The van der Waals surface area contributed by atoms with Crippen molar-refractivity contribution in [1.82, 2.24) is 0 Å². The van der Waals surface area contributed by atoms with Gasteiger partial charge in [-0.1, -0.05) is 29.8 Å². The summed E-state index contributed by atoms with van der Waals surface area (Å²) in [6.07, 6.45) is 3.36. The quantitative estimate of drug-likeness (QED) is 0.898. The van der Waals surface area contributed by atoms with E-state index in [1.165, 1.54) is 11.1 Å². The van der Waals surface area contributed by atoms with Crippen LogP contribution in [0.2, 0.25) is 0 Å². The molecule has 2 rings (SSSR count). The molecule has 0 spiro atoms. The summed E-state index contributed by atoms with van der Waals surface area (Å²) in [5.41, 5.74) is 8.62. The van der Waals surface area contributed by atoms with Crippen molar-refractivity contribution < 1.29 is 4.74 Å². The molecular weight excluding hydrogens is 234 g/mol. The van der Waals surface area contributed by atoms with Crippen molar-refractivity contribution >= 4 is 0 Å². The molecule has 2 atom stereocenters. The fourth-order valence-electron chi connectivity index (χ4n) is 3.29. The lowest BCUT2D eigenvalue weighted by Crippen LogP contribution is -2.36. The lowest BCUT2D eigenvalue weighted by atomic mass is 9.75. The lowest BCUT2D eigenvalue weighted by molar-refractivity contribution is -0.0771. The van der Waals surface area contributed by atoms with Gasteiger partial charge in [0, 0.05) is 6.61 Å². The van der Waals surface area contributed by atoms with Gasteiger partial charge in [-0.25, -0.2) is 0 Å². The summed E-state index contributed by atoms with van der Waals surface area (Å²) in [5.74, 6) is 1.27. The van der Waals surface area contributed by atoms with Crippen LogP contribution in [0, 0.1) is 12.8 Å². The number of rotatable bonds is 4. The van der Waals surface area contributed by atoms with Gasteiger partial charge in [-0.05, 0) is 64.0 Å². The second-order valence-electron chi connectivity index (χ2n) is 6.46. The van der Waals surface area contributed by atoms with Crippen LogP contribution in [0.25, 0.3) is 0 Å². The van der Waals surface area contributed by atoms with E-state index >= 15 is 0 Å². The van der Waals surface area contributed by atoms with Crippen LogP contribution in [0.1, 0.15) is 50.2 Å². The van der Waals surface area contributed by atoms with Crippen molar-refractivity contribution in [3.05, 3.63) is 35.4 Å². The zero-order valence-electron chi connectivity index (χ0n) is 12.5. The van der Waals surface area contributed by atoms with E-state index in [1.54, 1.807) is 0 Å². The molecule has 0 bridgehead atoms. The van der Waals surface area contributed by atoms with Gasteiger partial charge in [0.25, 0.3) is 0 Å². The molecule has 2 N–H and O–H groups in total. The Morgan fingerprint density at radius 1 is 1.32 bits per heavy atom. The van der Waals surface area contributed by atoms with Crippen LogP contribution >= 0.6 is 0 Å². The van der Waals surface area contributed by atoms with E-state index in [0.29, 0.717) is 11.8 Å². The number of hydrogen-bond donors (Lipinski definition) is 1. The van der Waals surface area contributed by atoms with Crippen molar-refractivity contribution in [2.24, 2.45) is 11.7 Å². The van der Waals surface area contributed by atoms with Crippen molar-refractivity contribution in [3.8, 4) is 0 Å². The summed E-state index contributed by atoms with van der Waals surface area (Å²) in [4.78, 5) is 0. The topological polar surface area (TPSA) is 35.2 Å². The van der Waals surface area contributed by atoms with Gasteiger partial charge in [-0.15, -0.1) is 0 Å². The Labute approximate surface area is 117 Å². The van der Waals surface area contributed by atoms with Gasteiger partial charge in [0.1, 0.15) is 0 Å². The Balaban J connectivity index is 2.17. The Morgan fingerprint density at radius 3 is 2.58 bits per heavy atom. The van der Waals surface area contributed by atoms with Crippen molar-refractivity contribution in [2.75, 3.05) is 13.2 Å². The minimum atomic E-state index is 0.0143. The van der Waals surface area contributed by atoms with E-state index in [-0.39, 0.29) is 5.60 Å². The van der Waals surface area contributed by atoms with E-state index in [4.69, 9.17) is 10.5 Å². The third-order valence-corrected chi connectivity index (χ3v) is 4.29. The number of aryl methyl sites for hydroxylation is 1. The van der Waals surface area contributed by atoms with Crippen molar-refractivity contribution in [3.63, 3.8) is 0 Å². The summed E-state index contributed by atoms with van der Waals surface area (Å²) in [6, 6.07) is 8.98. The van der Waals surface area contributed by atoms with Gasteiger partial charge in [-0.2, -0.15) is 0 Å². The Kier molecular flexibility index (Phi) is 4.64. The molecule has 0 amide bonds. The molecule has 1 aromatic rings. The highest BCUT2D eigenvalue weighted by Gasteiger charge is 2.33. The SMILES string of the molecule is Cc1ccc([C@H](CCN)[C@H]2CCOC(C)(C)C2)cc1. The molecule has 2 heteroatoms. The maximum Gasteiger partial charge on any atom is 0.0629 e. The molecule has 1 aromatic carbocycles. The van der Waals surface area contributed by atoms with E-state index < -0.39 is 0 Å². The fourth-order valence-corrected chi connectivity index (χ4v) is 3.29. The first-order valence-corrected chi connectivity index (χ1v) is 7.42. The van der Waals surface area contributed by atoms with Crippen LogP contribution in [0.4, 0.5) is 0 Å². The average Bonchev–Trinajstić information content (AvgIpc) is 2.36. The van der Waals surface area contributed by atoms with Crippen LogP contribution in [0.5, 0.6) is 0 Å². The molecular formula is C17H27NO. The predicted octanol–water partition coefficient (Wildman–Crippen LogP) is 3.63. The summed E-state index contributed by atoms with van der Waals surface area (Å²) >= 11 is 0. The molecule has 0 saturated carbocycles. The molecule has 0 aromatic heterocycles. The minimum Gasteiger partial charge on any atom is -0.376 e. The highest BCUT2D eigenvalue weighted by molar-refractivity contribution is 5.25. The lowest BCUT2D eigenvalue weighted by Gasteiger charge is -2.39. The number of nitrogens with two attached hydrogens (primary N) is 1. The van der Waals surface area contributed by atoms with E-state index in [2.05, 4.69) is 45.0 Å². The van der Waals surface area contributed by atoms with E-state index in [1.807, 2.05) is 0 Å². The third-order valence-electron chi connectivity index (χ3n) is 4.29. The van der Waals surface area contributed by atoms with Crippen LogP contribution in [-0.2, 0) is 4.74 Å². The van der Waals surface area contributed by atoms with Gasteiger partial charge in [0.15, 0.2) is 0 Å². The van der Waals surface area contributed by atoms with Gasteiger partial charge in [0.2, 0.25) is 0 Å². The maximum atomic E-state index is 5.85. The van der Waals surface area contributed by atoms with Crippen LogP contribution < -0.4 is 5.73 Å². The molecule has 1 heterocycles. The Hall–Kier alpha value is -0.860. The molecule has 0 radical (unpaired) electrons. The molecule has 1 saturated heterocycles. The smallest absolute Gasteiger partial charge is 0.0629 e. The first kappa shape index (κ1) is 14.5. The normalized spacial score (nSPS) is 24.1. The molecule has 19 heavy (non-hydrogen) atoms. The fraction of sp³-hybridized carbons (Fsp3) is 0.647. The molecule has 1 aliphatic heterocycles. The summed E-state index contributed by atoms with van der Waals surface area (Å²) in [7, 11) is 0. The monoisotopic (exact) mass is 261 g/mol. The van der Waals surface area contributed by atoms with Crippen LogP contribution in [0.3, 0.4) is 0 Å². The summed E-state index contributed by atoms with van der Waals surface area (Å²) in [6.45, 7) is 8.18. The van der Waals surface area contributed by atoms with E-state index in [9.17, 15) is 0 Å². The molecule has 1 aliphatic rings. The Morgan fingerprint density at radius 2 is 2.00 bits per heavy atom. The van der Waals surface area contributed by atoms with Crippen molar-refractivity contribution in [1.29, 1.82) is 0 Å². The highest BCUT2D eigenvalue weighted by atomic mass is 16.5. The van der Waals surface area contributed by atoms with Crippen LogP contribution in [-0.4, -0.2) is 18.8 Å². The zero-order chi connectivity index (χ0) is 13.9. The van der Waals surface area contributed by atoms with Gasteiger partial charge < -0.3 is 10.5 Å².